The number of nitrogens with zero attached hydrogens (tertiary/aromatic N) is 2. The summed E-state index contributed by atoms with van der Waals surface area (Å²) in [5.74, 6) is 1.80. The number of likely N-dealkylation sites (N-methyl/N-ethyl adjacent to an activating group) is 1. The van der Waals surface area contributed by atoms with Gasteiger partial charge in [-0.05, 0) is 61.9 Å². The Morgan fingerprint density at radius 3 is 2.13 bits per heavy atom. The van der Waals surface area contributed by atoms with Gasteiger partial charge in [0, 0.05) is 36.9 Å². The molecule has 1 fully saturated rings. The molecular formula is C27H32N2O2. The molecule has 4 heteroatoms. The van der Waals surface area contributed by atoms with Crippen LogP contribution in [0.15, 0.2) is 66.7 Å². The summed E-state index contributed by atoms with van der Waals surface area (Å²) in [5.41, 5.74) is 6.34. The Bertz CT molecular complexity index is 999. The van der Waals surface area contributed by atoms with Gasteiger partial charge < -0.3 is 14.4 Å². The molecule has 0 spiro atoms. The molecule has 1 atom stereocenters. The van der Waals surface area contributed by atoms with E-state index >= 15 is 0 Å². The summed E-state index contributed by atoms with van der Waals surface area (Å²) in [5, 5.41) is 0. The molecule has 0 aliphatic carbocycles. The van der Waals surface area contributed by atoms with Gasteiger partial charge in [-0.1, -0.05) is 42.0 Å². The number of hydrogen-bond donors (Lipinski definition) is 0. The van der Waals surface area contributed by atoms with Crippen molar-refractivity contribution in [2.24, 2.45) is 0 Å². The fourth-order valence-corrected chi connectivity index (χ4v) is 4.41. The largest absolute Gasteiger partial charge is 0.497 e. The minimum atomic E-state index is 0.400. The van der Waals surface area contributed by atoms with E-state index < -0.39 is 0 Å². The molecule has 0 amide bonds. The predicted molar refractivity (Wildman–Crippen MR) is 128 cm³/mol. The first kappa shape index (κ1) is 21.3. The number of rotatable bonds is 5. The second-order valence-corrected chi connectivity index (χ2v) is 8.29. The van der Waals surface area contributed by atoms with Gasteiger partial charge in [0.1, 0.15) is 11.5 Å². The normalized spacial score (nSPS) is 17.3. The van der Waals surface area contributed by atoms with Gasteiger partial charge >= 0.3 is 0 Å². The molecule has 4 rings (SSSR count). The standard InChI is InChI=1S/C27H32N2O2/c1-20-5-7-21(8-6-20)25-19-24(31-4)13-14-27(25)29-16-15-26(28(2)17-18-29)22-9-11-23(30-3)12-10-22/h5-14,19,26H,15-18H2,1-4H3. The van der Waals surface area contributed by atoms with E-state index in [4.69, 9.17) is 9.47 Å². The maximum Gasteiger partial charge on any atom is 0.119 e. The van der Waals surface area contributed by atoms with Gasteiger partial charge in [-0.3, -0.25) is 4.90 Å². The number of anilines is 1. The fourth-order valence-electron chi connectivity index (χ4n) is 4.41. The van der Waals surface area contributed by atoms with Gasteiger partial charge in [0.2, 0.25) is 0 Å². The molecule has 1 aliphatic rings. The third-order valence-corrected chi connectivity index (χ3v) is 6.33. The van der Waals surface area contributed by atoms with Crippen molar-refractivity contribution in [3.05, 3.63) is 77.9 Å². The number of ether oxygens (including phenoxy) is 2. The van der Waals surface area contributed by atoms with Crippen LogP contribution in [0.2, 0.25) is 0 Å². The van der Waals surface area contributed by atoms with Gasteiger partial charge in [0.05, 0.1) is 14.2 Å². The highest BCUT2D eigenvalue weighted by atomic mass is 16.5. The molecule has 0 N–H and O–H groups in total. The lowest BCUT2D eigenvalue weighted by atomic mass is 10.00. The minimum absolute atomic E-state index is 0.400. The zero-order chi connectivity index (χ0) is 21.8. The topological polar surface area (TPSA) is 24.9 Å². The number of methoxy groups -OCH3 is 2. The van der Waals surface area contributed by atoms with Gasteiger partial charge in [0.15, 0.2) is 0 Å². The molecule has 0 saturated carbocycles. The molecule has 4 nitrogen and oxygen atoms in total. The summed E-state index contributed by atoms with van der Waals surface area (Å²) in [6.07, 6.45) is 1.07. The predicted octanol–water partition coefficient (Wildman–Crippen LogP) is 5.56. The van der Waals surface area contributed by atoms with Crippen molar-refractivity contribution in [2.75, 3.05) is 45.8 Å². The van der Waals surface area contributed by atoms with Gasteiger partial charge in [-0.15, -0.1) is 0 Å². The van der Waals surface area contributed by atoms with Crippen molar-refractivity contribution in [3.63, 3.8) is 0 Å². The highest BCUT2D eigenvalue weighted by Crippen LogP contribution is 2.36. The molecule has 0 aromatic heterocycles. The summed E-state index contributed by atoms with van der Waals surface area (Å²) in [7, 11) is 5.67. The summed E-state index contributed by atoms with van der Waals surface area (Å²) in [6.45, 7) is 5.14. The Balaban J connectivity index is 1.62. The second kappa shape index (κ2) is 9.44. The Hall–Kier alpha value is -2.98. The molecule has 1 heterocycles. The number of aryl methyl sites for hydroxylation is 1. The van der Waals surface area contributed by atoms with E-state index in [1.165, 1.54) is 27.9 Å². The van der Waals surface area contributed by atoms with Crippen LogP contribution < -0.4 is 14.4 Å². The number of hydrogen-bond acceptors (Lipinski definition) is 4. The molecule has 162 valence electrons. The lowest BCUT2D eigenvalue weighted by molar-refractivity contribution is 0.258. The van der Waals surface area contributed by atoms with Crippen LogP contribution in [0.4, 0.5) is 5.69 Å². The van der Waals surface area contributed by atoms with Crippen molar-refractivity contribution < 1.29 is 9.47 Å². The third-order valence-electron chi connectivity index (χ3n) is 6.33. The molecule has 1 unspecified atom stereocenters. The van der Waals surface area contributed by atoms with E-state index in [1.807, 2.05) is 0 Å². The van der Waals surface area contributed by atoms with Crippen molar-refractivity contribution in [1.82, 2.24) is 4.90 Å². The second-order valence-electron chi connectivity index (χ2n) is 8.29. The van der Waals surface area contributed by atoms with Crippen molar-refractivity contribution in [1.29, 1.82) is 0 Å². The lowest BCUT2D eigenvalue weighted by Crippen LogP contribution is -2.29. The number of benzene rings is 3. The summed E-state index contributed by atoms with van der Waals surface area (Å²) < 4.78 is 10.9. The Kier molecular flexibility index (Phi) is 6.47. The van der Waals surface area contributed by atoms with E-state index in [2.05, 4.69) is 90.5 Å². The molecule has 31 heavy (non-hydrogen) atoms. The van der Waals surface area contributed by atoms with E-state index in [-0.39, 0.29) is 0 Å². The first-order valence-electron chi connectivity index (χ1n) is 10.9. The molecular weight excluding hydrogens is 384 g/mol. The Morgan fingerprint density at radius 2 is 1.45 bits per heavy atom. The van der Waals surface area contributed by atoms with Crippen LogP contribution in [-0.2, 0) is 0 Å². The van der Waals surface area contributed by atoms with Gasteiger partial charge in [-0.2, -0.15) is 0 Å². The quantitative estimate of drug-likeness (QED) is 0.543. The zero-order valence-electron chi connectivity index (χ0n) is 19.0. The maximum atomic E-state index is 5.54. The van der Waals surface area contributed by atoms with Crippen LogP contribution in [0, 0.1) is 6.92 Å². The minimum Gasteiger partial charge on any atom is -0.497 e. The molecule has 0 bridgehead atoms. The smallest absolute Gasteiger partial charge is 0.119 e. The maximum absolute atomic E-state index is 5.54. The highest BCUT2D eigenvalue weighted by molar-refractivity contribution is 5.80. The first-order chi connectivity index (χ1) is 15.1. The lowest BCUT2D eigenvalue weighted by Gasteiger charge is -2.26. The van der Waals surface area contributed by atoms with Crippen LogP contribution >= 0.6 is 0 Å². The van der Waals surface area contributed by atoms with Crippen LogP contribution in [-0.4, -0.2) is 45.8 Å². The van der Waals surface area contributed by atoms with E-state index in [0.717, 1.165) is 37.6 Å². The third kappa shape index (κ3) is 4.70. The SMILES string of the molecule is COc1ccc(C2CCN(c3ccc(OC)cc3-c3ccc(C)cc3)CCN2C)cc1. The van der Waals surface area contributed by atoms with Crippen LogP contribution in [0.3, 0.4) is 0 Å². The monoisotopic (exact) mass is 416 g/mol. The Labute approximate surface area is 186 Å². The average Bonchev–Trinajstić information content (AvgIpc) is 3.01. The van der Waals surface area contributed by atoms with Crippen LogP contribution in [0.1, 0.15) is 23.6 Å². The molecule has 1 saturated heterocycles. The summed E-state index contributed by atoms with van der Waals surface area (Å²) in [4.78, 5) is 4.99. The molecule has 1 aliphatic heterocycles. The van der Waals surface area contributed by atoms with E-state index in [1.54, 1.807) is 14.2 Å². The van der Waals surface area contributed by atoms with Crippen molar-refractivity contribution in [3.8, 4) is 22.6 Å². The van der Waals surface area contributed by atoms with Gasteiger partial charge in [0.25, 0.3) is 0 Å². The van der Waals surface area contributed by atoms with Crippen LogP contribution in [0.5, 0.6) is 11.5 Å². The Morgan fingerprint density at radius 1 is 0.774 bits per heavy atom. The fraction of sp³-hybridized carbons (Fsp3) is 0.333. The summed E-state index contributed by atoms with van der Waals surface area (Å²) >= 11 is 0. The molecule has 0 radical (unpaired) electrons. The summed E-state index contributed by atoms with van der Waals surface area (Å²) in [6, 6.07) is 24.1. The first-order valence-corrected chi connectivity index (χ1v) is 10.9. The van der Waals surface area contributed by atoms with Crippen molar-refractivity contribution in [2.45, 2.75) is 19.4 Å². The van der Waals surface area contributed by atoms with E-state index in [0.29, 0.717) is 6.04 Å². The van der Waals surface area contributed by atoms with Crippen molar-refractivity contribution >= 4 is 5.69 Å². The average molecular weight is 417 g/mol. The van der Waals surface area contributed by atoms with Gasteiger partial charge in [-0.25, -0.2) is 0 Å². The highest BCUT2D eigenvalue weighted by Gasteiger charge is 2.24. The zero-order valence-corrected chi connectivity index (χ0v) is 19.0. The molecule has 3 aromatic rings. The van der Waals surface area contributed by atoms with Crippen LogP contribution in [0.25, 0.3) is 11.1 Å². The molecule has 3 aromatic carbocycles. The van der Waals surface area contributed by atoms with E-state index in [9.17, 15) is 0 Å².